The SMILES string of the molecule is Cc1ccc(NC(=O)/C=C/c2cn(C)c(=O)n(C)c2=O)cc1F. The molecule has 0 aliphatic carbocycles. The van der Waals surface area contributed by atoms with E-state index >= 15 is 0 Å². The van der Waals surface area contributed by atoms with Crippen LogP contribution in [-0.4, -0.2) is 15.0 Å². The molecule has 1 aromatic carbocycles. The van der Waals surface area contributed by atoms with Crippen LogP contribution in [0.1, 0.15) is 11.1 Å². The van der Waals surface area contributed by atoms with E-state index in [0.717, 1.165) is 10.6 Å². The van der Waals surface area contributed by atoms with E-state index in [1.807, 2.05) is 0 Å². The Hall–Kier alpha value is -2.96. The molecule has 2 rings (SSSR count). The normalized spacial score (nSPS) is 11.0. The molecule has 120 valence electrons. The maximum atomic E-state index is 13.4. The summed E-state index contributed by atoms with van der Waals surface area (Å²) < 4.78 is 15.6. The highest BCUT2D eigenvalue weighted by Gasteiger charge is 2.05. The number of nitrogens with one attached hydrogen (secondary N) is 1. The second kappa shape index (κ2) is 6.43. The minimum Gasteiger partial charge on any atom is -0.322 e. The van der Waals surface area contributed by atoms with E-state index in [9.17, 15) is 18.8 Å². The van der Waals surface area contributed by atoms with Crippen molar-refractivity contribution in [2.24, 2.45) is 14.1 Å². The molecule has 1 aromatic heterocycles. The van der Waals surface area contributed by atoms with E-state index in [2.05, 4.69) is 5.32 Å². The van der Waals surface area contributed by atoms with Crippen LogP contribution in [0.15, 0.2) is 40.1 Å². The van der Waals surface area contributed by atoms with Gasteiger partial charge in [0.05, 0.1) is 5.56 Å². The fourth-order valence-electron chi connectivity index (χ4n) is 1.97. The van der Waals surface area contributed by atoms with Crippen molar-refractivity contribution in [2.45, 2.75) is 6.92 Å². The van der Waals surface area contributed by atoms with E-state index in [1.54, 1.807) is 19.1 Å². The predicted molar refractivity (Wildman–Crippen MR) is 85.7 cm³/mol. The second-order valence-corrected chi connectivity index (χ2v) is 5.13. The van der Waals surface area contributed by atoms with Crippen LogP contribution >= 0.6 is 0 Å². The van der Waals surface area contributed by atoms with E-state index in [-0.39, 0.29) is 5.56 Å². The third-order valence-corrected chi connectivity index (χ3v) is 3.33. The Balaban J connectivity index is 2.20. The summed E-state index contributed by atoms with van der Waals surface area (Å²) in [6.45, 7) is 1.62. The van der Waals surface area contributed by atoms with E-state index < -0.39 is 23.0 Å². The lowest BCUT2D eigenvalue weighted by Crippen LogP contribution is -2.37. The molecule has 0 aliphatic rings. The summed E-state index contributed by atoms with van der Waals surface area (Å²) in [4.78, 5) is 35.3. The maximum Gasteiger partial charge on any atom is 0.330 e. The quantitative estimate of drug-likeness (QED) is 0.864. The van der Waals surface area contributed by atoms with Gasteiger partial charge in [0, 0.05) is 32.1 Å². The molecule has 1 amide bonds. The summed E-state index contributed by atoms with van der Waals surface area (Å²) in [7, 11) is 2.87. The topological polar surface area (TPSA) is 73.1 Å². The van der Waals surface area contributed by atoms with E-state index in [1.165, 1.54) is 37.0 Å². The average Bonchev–Trinajstić information content (AvgIpc) is 2.51. The van der Waals surface area contributed by atoms with Crippen LogP contribution in [0.5, 0.6) is 0 Å². The summed E-state index contributed by atoms with van der Waals surface area (Å²) in [5.41, 5.74) is 0.0356. The number of aromatic nitrogens is 2. The van der Waals surface area contributed by atoms with Gasteiger partial charge < -0.3 is 9.88 Å². The number of aryl methyl sites for hydroxylation is 2. The lowest BCUT2D eigenvalue weighted by Gasteiger charge is -2.04. The number of nitrogens with zero attached hydrogens (tertiary/aromatic N) is 2. The molecule has 0 saturated heterocycles. The van der Waals surface area contributed by atoms with Crippen molar-refractivity contribution in [1.29, 1.82) is 0 Å². The summed E-state index contributed by atoms with van der Waals surface area (Å²) in [6.07, 6.45) is 3.81. The van der Waals surface area contributed by atoms with Gasteiger partial charge in [0.25, 0.3) is 5.56 Å². The third kappa shape index (κ3) is 3.63. The Bertz CT molecular complexity index is 910. The predicted octanol–water partition coefficient (Wildman–Crippen LogP) is 1.18. The summed E-state index contributed by atoms with van der Waals surface area (Å²) in [5.74, 6) is -0.928. The van der Waals surface area contributed by atoms with Crippen molar-refractivity contribution < 1.29 is 9.18 Å². The van der Waals surface area contributed by atoms with Crippen LogP contribution in [0.3, 0.4) is 0 Å². The summed E-state index contributed by atoms with van der Waals surface area (Å²) in [6, 6.07) is 4.35. The van der Waals surface area contributed by atoms with Gasteiger partial charge in [-0.15, -0.1) is 0 Å². The van der Waals surface area contributed by atoms with Crippen LogP contribution in [0, 0.1) is 12.7 Å². The number of hydrogen-bond acceptors (Lipinski definition) is 3. The van der Waals surface area contributed by atoms with Gasteiger partial charge in [0.1, 0.15) is 5.82 Å². The highest BCUT2D eigenvalue weighted by molar-refractivity contribution is 6.01. The molecule has 0 aliphatic heterocycles. The summed E-state index contributed by atoms with van der Waals surface area (Å²) in [5, 5.41) is 2.50. The Morgan fingerprint density at radius 2 is 1.96 bits per heavy atom. The number of halogens is 1. The van der Waals surface area contributed by atoms with E-state index in [0.29, 0.717) is 11.3 Å². The molecule has 0 unspecified atom stereocenters. The molecule has 6 nitrogen and oxygen atoms in total. The highest BCUT2D eigenvalue weighted by Crippen LogP contribution is 2.13. The zero-order valence-electron chi connectivity index (χ0n) is 13.0. The number of anilines is 1. The smallest absolute Gasteiger partial charge is 0.322 e. The molecule has 1 heterocycles. The zero-order valence-corrected chi connectivity index (χ0v) is 13.0. The first kappa shape index (κ1) is 16.4. The number of rotatable bonds is 3. The fraction of sp³-hybridized carbons (Fsp3) is 0.188. The largest absolute Gasteiger partial charge is 0.330 e. The molecule has 7 heteroatoms. The molecule has 0 fully saturated rings. The Labute approximate surface area is 131 Å². The van der Waals surface area contributed by atoms with Crippen LogP contribution < -0.4 is 16.6 Å². The van der Waals surface area contributed by atoms with Crippen LogP contribution in [0.2, 0.25) is 0 Å². The Morgan fingerprint density at radius 3 is 2.61 bits per heavy atom. The van der Waals surface area contributed by atoms with Crippen molar-refractivity contribution in [2.75, 3.05) is 5.32 Å². The van der Waals surface area contributed by atoms with Crippen molar-refractivity contribution in [3.8, 4) is 0 Å². The van der Waals surface area contributed by atoms with Gasteiger partial charge in [-0.25, -0.2) is 9.18 Å². The number of carbonyl (C=O) groups excluding carboxylic acids is 1. The van der Waals surface area contributed by atoms with Gasteiger partial charge in [-0.05, 0) is 30.7 Å². The number of amides is 1. The van der Waals surface area contributed by atoms with Gasteiger partial charge in [-0.2, -0.15) is 0 Å². The first-order valence-corrected chi connectivity index (χ1v) is 6.81. The monoisotopic (exact) mass is 317 g/mol. The first-order valence-electron chi connectivity index (χ1n) is 6.81. The Kier molecular flexibility index (Phi) is 4.59. The lowest BCUT2D eigenvalue weighted by atomic mass is 10.2. The standard InChI is InChI=1S/C16H16FN3O3/c1-10-4-6-12(8-13(10)17)18-14(21)7-5-11-9-19(2)16(23)20(3)15(11)22/h4-9H,1-3H3,(H,18,21)/b7-5+. The molecule has 0 bridgehead atoms. The zero-order chi connectivity index (χ0) is 17.1. The van der Waals surface area contributed by atoms with Gasteiger partial charge in [0.2, 0.25) is 5.91 Å². The molecule has 23 heavy (non-hydrogen) atoms. The van der Waals surface area contributed by atoms with Gasteiger partial charge >= 0.3 is 5.69 Å². The maximum absolute atomic E-state index is 13.4. The van der Waals surface area contributed by atoms with Crippen LogP contribution in [0.4, 0.5) is 10.1 Å². The fourth-order valence-corrected chi connectivity index (χ4v) is 1.97. The van der Waals surface area contributed by atoms with Crippen molar-refractivity contribution in [3.05, 3.63) is 68.3 Å². The summed E-state index contributed by atoms with van der Waals surface area (Å²) >= 11 is 0. The minimum absolute atomic E-state index is 0.194. The number of carbonyl (C=O) groups is 1. The van der Waals surface area contributed by atoms with Crippen molar-refractivity contribution in [1.82, 2.24) is 9.13 Å². The molecule has 0 saturated carbocycles. The molecule has 0 radical (unpaired) electrons. The average molecular weight is 317 g/mol. The van der Waals surface area contributed by atoms with Crippen molar-refractivity contribution >= 4 is 17.7 Å². The molecule has 2 aromatic rings. The molecule has 0 atom stereocenters. The molecular weight excluding hydrogens is 301 g/mol. The van der Waals surface area contributed by atoms with Gasteiger partial charge in [-0.1, -0.05) is 6.07 Å². The first-order chi connectivity index (χ1) is 10.8. The highest BCUT2D eigenvalue weighted by atomic mass is 19.1. The third-order valence-electron chi connectivity index (χ3n) is 3.33. The second-order valence-electron chi connectivity index (χ2n) is 5.13. The Morgan fingerprint density at radius 1 is 1.26 bits per heavy atom. The van der Waals surface area contributed by atoms with Crippen LogP contribution in [0.25, 0.3) is 6.08 Å². The number of benzene rings is 1. The molecule has 1 N–H and O–H groups in total. The number of hydrogen-bond donors (Lipinski definition) is 1. The molecular formula is C16H16FN3O3. The lowest BCUT2D eigenvalue weighted by molar-refractivity contribution is -0.111. The minimum atomic E-state index is -0.510. The van der Waals surface area contributed by atoms with Gasteiger partial charge in [0.15, 0.2) is 0 Å². The van der Waals surface area contributed by atoms with Crippen LogP contribution in [-0.2, 0) is 18.9 Å². The van der Waals surface area contributed by atoms with E-state index in [4.69, 9.17) is 0 Å². The van der Waals surface area contributed by atoms with Crippen molar-refractivity contribution in [3.63, 3.8) is 0 Å². The molecule has 0 spiro atoms. The van der Waals surface area contributed by atoms with Gasteiger partial charge in [-0.3, -0.25) is 14.2 Å².